The first kappa shape index (κ1) is 30.9. The Hall–Kier alpha value is -5.67. The lowest BCUT2D eigenvalue weighted by Gasteiger charge is -2.26. The van der Waals surface area contributed by atoms with Gasteiger partial charge in [0.1, 0.15) is 0 Å². The standard InChI is InChI=1S/C51H34S2/c1-31-29-52-30-45(31)50-40-22-11-7-18-36(40)48(37-19-8-12-23-41(37)50)33-26-27-46-44(28-33)42-24-13-25-43(51(42)53-46)49-38-20-9-5-16-34(38)47(32-14-3-2-4-15-32)35-17-6-10-21-39(35)49/h2-30,42,51H,1H3. The van der Waals surface area contributed by atoms with Crippen molar-refractivity contribution in [1.82, 2.24) is 0 Å². The summed E-state index contributed by atoms with van der Waals surface area (Å²) in [6.07, 6.45) is 7.15. The highest BCUT2D eigenvalue weighted by molar-refractivity contribution is 8.00. The Kier molecular flexibility index (Phi) is 7.12. The van der Waals surface area contributed by atoms with Gasteiger partial charge in [-0.25, -0.2) is 0 Å². The van der Waals surface area contributed by atoms with E-state index in [-0.39, 0.29) is 11.2 Å². The van der Waals surface area contributed by atoms with Gasteiger partial charge in [-0.05, 0) is 129 Å². The predicted octanol–water partition coefficient (Wildman–Crippen LogP) is 14.9. The van der Waals surface area contributed by atoms with Crippen LogP contribution in [0.1, 0.15) is 22.6 Å². The highest BCUT2D eigenvalue weighted by atomic mass is 32.2. The quantitative estimate of drug-likeness (QED) is 0.164. The Balaban J connectivity index is 1.08. The lowest BCUT2D eigenvalue weighted by atomic mass is 9.79. The minimum absolute atomic E-state index is 0.284. The fraction of sp³-hybridized carbons (Fsp3) is 0.0588. The van der Waals surface area contributed by atoms with Gasteiger partial charge in [0, 0.05) is 16.1 Å². The van der Waals surface area contributed by atoms with Crippen LogP contribution in [0.4, 0.5) is 0 Å². The third-order valence-corrected chi connectivity index (χ3v) is 13.8. The van der Waals surface area contributed by atoms with E-state index in [1.54, 1.807) is 11.3 Å². The van der Waals surface area contributed by atoms with Crippen molar-refractivity contribution >= 4 is 71.8 Å². The molecule has 1 aliphatic heterocycles. The molecule has 0 fully saturated rings. The highest BCUT2D eigenvalue weighted by Gasteiger charge is 2.37. The summed E-state index contributed by atoms with van der Waals surface area (Å²) in [5, 5.41) is 15.4. The molecule has 2 heterocycles. The van der Waals surface area contributed by atoms with Gasteiger partial charge in [0.15, 0.2) is 0 Å². The van der Waals surface area contributed by atoms with E-state index in [0.717, 1.165) is 0 Å². The van der Waals surface area contributed by atoms with Crippen LogP contribution in [0, 0.1) is 6.92 Å². The highest BCUT2D eigenvalue weighted by Crippen LogP contribution is 2.56. The first-order valence-corrected chi connectivity index (χ1v) is 20.2. The van der Waals surface area contributed by atoms with Crippen LogP contribution in [0.2, 0.25) is 0 Å². The van der Waals surface area contributed by atoms with Gasteiger partial charge >= 0.3 is 0 Å². The monoisotopic (exact) mass is 710 g/mol. The van der Waals surface area contributed by atoms with Crippen LogP contribution in [-0.2, 0) is 0 Å². The van der Waals surface area contributed by atoms with Crippen LogP contribution < -0.4 is 0 Å². The first-order chi connectivity index (χ1) is 26.2. The van der Waals surface area contributed by atoms with Crippen LogP contribution in [0.3, 0.4) is 0 Å². The molecule has 2 aliphatic rings. The van der Waals surface area contributed by atoms with E-state index in [1.165, 1.54) is 104 Å². The van der Waals surface area contributed by atoms with E-state index in [4.69, 9.17) is 0 Å². The number of hydrogen-bond donors (Lipinski definition) is 0. The maximum absolute atomic E-state index is 2.51. The van der Waals surface area contributed by atoms with Crippen LogP contribution in [0.5, 0.6) is 0 Å². The van der Waals surface area contributed by atoms with Gasteiger partial charge < -0.3 is 0 Å². The zero-order valence-electron chi connectivity index (χ0n) is 29.2. The molecule has 1 aliphatic carbocycles. The summed E-state index contributed by atoms with van der Waals surface area (Å²) in [4.78, 5) is 1.38. The number of thioether (sulfide) groups is 1. The van der Waals surface area contributed by atoms with E-state index < -0.39 is 0 Å². The molecule has 8 aromatic carbocycles. The molecular formula is C51H34S2. The summed E-state index contributed by atoms with van der Waals surface area (Å²) in [6.45, 7) is 2.24. The van der Waals surface area contributed by atoms with Crippen molar-refractivity contribution in [2.24, 2.45) is 0 Å². The van der Waals surface area contributed by atoms with E-state index in [2.05, 4.69) is 182 Å². The Bertz CT molecular complexity index is 2880. The average Bonchev–Trinajstić information content (AvgIpc) is 3.82. The largest absolute Gasteiger partial charge is 0.151 e. The Morgan fingerprint density at radius 1 is 0.472 bits per heavy atom. The molecule has 0 N–H and O–H groups in total. The summed E-state index contributed by atoms with van der Waals surface area (Å²) in [7, 11) is 0. The maximum atomic E-state index is 2.51. The van der Waals surface area contributed by atoms with Gasteiger partial charge in [0.05, 0.1) is 0 Å². The van der Waals surface area contributed by atoms with Gasteiger partial charge in [-0.15, -0.1) is 11.8 Å². The van der Waals surface area contributed by atoms with Crippen molar-refractivity contribution in [3.05, 3.63) is 191 Å². The van der Waals surface area contributed by atoms with Crippen LogP contribution in [-0.4, -0.2) is 5.25 Å². The first-order valence-electron chi connectivity index (χ1n) is 18.4. The minimum atomic E-state index is 0.284. The molecule has 2 unspecified atom stereocenters. The number of benzene rings is 8. The topological polar surface area (TPSA) is 0 Å². The van der Waals surface area contributed by atoms with Crippen molar-refractivity contribution in [2.75, 3.05) is 0 Å². The summed E-state index contributed by atoms with van der Waals surface area (Å²) in [5.74, 6) is 0.284. The van der Waals surface area contributed by atoms with Crippen molar-refractivity contribution < 1.29 is 0 Å². The molecule has 0 spiro atoms. The van der Waals surface area contributed by atoms with Gasteiger partial charge in [0.2, 0.25) is 0 Å². The van der Waals surface area contributed by atoms with Crippen molar-refractivity contribution in [1.29, 1.82) is 0 Å². The van der Waals surface area contributed by atoms with Crippen LogP contribution in [0.25, 0.3) is 82.0 Å². The molecule has 0 nitrogen and oxygen atoms in total. The smallest absolute Gasteiger partial charge is 0.0454 e. The Morgan fingerprint density at radius 3 is 1.53 bits per heavy atom. The molecule has 1 aromatic heterocycles. The van der Waals surface area contributed by atoms with Crippen molar-refractivity contribution in [3.63, 3.8) is 0 Å². The van der Waals surface area contributed by atoms with Gasteiger partial charge in [-0.2, -0.15) is 11.3 Å². The summed E-state index contributed by atoms with van der Waals surface area (Å²) < 4.78 is 0. The third-order valence-electron chi connectivity index (χ3n) is 11.5. The second-order valence-corrected chi connectivity index (χ2v) is 16.3. The molecule has 0 saturated heterocycles. The molecule has 11 rings (SSSR count). The molecule has 0 saturated carbocycles. The third kappa shape index (κ3) is 4.69. The summed E-state index contributed by atoms with van der Waals surface area (Å²) in [6, 6.07) is 54.3. The Morgan fingerprint density at radius 2 is 0.981 bits per heavy atom. The van der Waals surface area contributed by atoms with Crippen molar-refractivity contribution in [3.8, 4) is 33.4 Å². The Labute approximate surface area is 317 Å². The number of rotatable bonds is 4. The fourth-order valence-corrected chi connectivity index (χ4v) is 11.5. The summed E-state index contributed by atoms with van der Waals surface area (Å²) in [5.41, 5.74) is 13.4. The van der Waals surface area contributed by atoms with Crippen LogP contribution >= 0.6 is 23.1 Å². The molecular weight excluding hydrogens is 677 g/mol. The van der Waals surface area contributed by atoms with E-state index >= 15 is 0 Å². The van der Waals surface area contributed by atoms with E-state index in [0.29, 0.717) is 0 Å². The van der Waals surface area contributed by atoms with E-state index in [1.807, 2.05) is 11.8 Å². The van der Waals surface area contributed by atoms with Gasteiger partial charge in [-0.1, -0.05) is 152 Å². The zero-order valence-corrected chi connectivity index (χ0v) is 30.8. The normalized spacial score (nSPS) is 16.4. The van der Waals surface area contributed by atoms with Crippen molar-refractivity contribution in [2.45, 2.75) is 23.0 Å². The van der Waals surface area contributed by atoms with Crippen LogP contribution in [0.15, 0.2) is 179 Å². The number of fused-ring (bicyclic) bond motifs is 7. The molecule has 0 radical (unpaired) electrons. The average molecular weight is 711 g/mol. The molecule has 0 amide bonds. The molecule has 0 bridgehead atoms. The molecule has 2 atom stereocenters. The second kappa shape index (κ2) is 12.2. The van der Waals surface area contributed by atoms with Gasteiger partial charge in [-0.3, -0.25) is 0 Å². The minimum Gasteiger partial charge on any atom is -0.151 e. The SMILES string of the molecule is Cc1cscc1-c1c2ccccc2c(-c2ccc3c(c2)C2C=CC=C(c4c5ccccc5c(-c5ccccc5)c5ccccc45)C2S3)c2ccccc12. The van der Waals surface area contributed by atoms with E-state index in [9.17, 15) is 0 Å². The second-order valence-electron chi connectivity index (χ2n) is 14.3. The predicted molar refractivity (Wildman–Crippen MR) is 231 cm³/mol. The number of hydrogen-bond acceptors (Lipinski definition) is 2. The molecule has 9 aromatic rings. The summed E-state index contributed by atoms with van der Waals surface area (Å²) >= 11 is 3.82. The number of thiophene rings is 1. The number of aryl methyl sites for hydroxylation is 1. The lowest BCUT2D eigenvalue weighted by molar-refractivity contribution is 0.895. The lowest BCUT2D eigenvalue weighted by Crippen LogP contribution is -2.14. The van der Waals surface area contributed by atoms with Gasteiger partial charge in [0.25, 0.3) is 0 Å². The molecule has 53 heavy (non-hydrogen) atoms. The fourth-order valence-electron chi connectivity index (χ4n) is 9.21. The number of allylic oxidation sites excluding steroid dienone is 3. The maximum Gasteiger partial charge on any atom is 0.0454 e. The molecule has 2 heteroatoms. The zero-order chi connectivity index (χ0) is 35.0. The molecule has 250 valence electrons.